The lowest BCUT2D eigenvalue weighted by Crippen LogP contribution is -2.26. The maximum Gasteiger partial charge on any atom is 0.225 e. The number of anilines is 1. The maximum atomic E-state index is 11.7. The largest absolute Gasteiger partial charge is 0.327 e. The Morgan fingerprint density at radius 1 is 1.28 bits per heavy atom. The summed E-state index contributed by atoms with van der Waals surface area (Å²) in [5.74, 6) is -0.0793. The molecule has 98 valence electrons. The summed E-state index contributed by atoms with van der Waals surface area (Å²) >= 11 is 0. The van der Waals surface area contributed by atoms with Crippen LogP contribution in [0.15, 0.2) is 24.3 Å². The van der Waals surface area contributed by atoms with Crippen LogP contribution in [0.25, 0.3) is 0 Å². The van der Waals surface area contributed by atoms with Crippen LogP contribution in [0.3, 0.4) is 0 Å². The van der Waals surface area contributed by atoms with Crippen LogP contribution in [0.5, 0.6) is 0 Å². The quantitative estimate of drug-likeness (QED) is 0.759. The lowest BCUT2D eigenvalue weighted by molar-refractivity contribution is -0.116. The Labute approximate surface area is 108 Å². The van der Waals surface area contributed by atoms with Crippen molar-refractivity contribution in [2.24, 2.45) is 5.73 Å². The number of ketones is 1. The first-order valence-corrected chi connectivity index (χ1v) is 6.19. The SMILES string of the molecule is CCCC(N)CC(=O)Nc1ccc(C(C)=O)cc1. The molecule has 1 aromatic rings. The van der Waals surface area contributed by atoms with Crippen LogP contribution in [0.2, 0.25) is 0 Å². The van der Waals surface area contributed by atoms with Crippen molar-refractivity contribution in [3.63, 3.8) is 0 Å². The van der Waals surface area contributed by atoms with Gasteiger partial charge in [0.25, 0.3) is 0 Å². The number of hydrogen-bond donors (Lipinski definition) is 2. The average Bonchev–Trinajstić information content (AvgIpc) is 2.29. The standard InChI is InChI=1S/C14H20N2O2/c1-3-4-12(15)9-14(18)16-13-7-5-11(6-8-13)10(2)17/h5-8,12H,3-4,9,15H2,1-2H3,(H,16,18). The minimum Gasteiger partial charge on any atom is -0.327 e. The molecule has 0 saturated heterocycles. The summed E-state index contributed by atoms with van der Waals surface area (Å²) in [5, 5.41) is 2.77. The van der Waals surface area contributed by atoms with E-state index < -0.39 is 0 Å². The fourth-order valence-corrected chi connectivity index (χ4v) is 1.71. The van der Waals surface area contributed by atoms with Gasteiger partial charge in [-0.3, -0.25) is 9.59 Å². The zero-order valence-corrected chi connectivity index (χ0v) is 10.9. The van der Waals surface area contributed by atoms with Crippen LogP contribution >= 0.6 is 0 Å². The van der Waals surface area contributed by atoms with Gasteiger partial charge in [0.2, 0.25) is 5.91 Å². The molecule has 0 saturated carbocycles. The molecule has 4 nitrogen and oxygen atoms in total. The van der Waals surface area contributed by atoms with Crippen molar-refractivity contribution in [3.05, 3.63) is 29.8 Å². The van der Waals surface area contributed by atoms with Crippen molar-refractivity contribution >= 4 is 17.4 Å². The lowest BCUT2D eigenvalue weighted by Gasteiger charge is -2.10. The predicted octanol–water partition coefficient (Wildman–Crippen LogP) is 2.35. The van der Waals surface area contributed by atoms with Gasteiger partial charge in [-0.15, -0.1) is 0 Å². The Hall–Kier alpha value is -1.68. The highest BCUT2D eigenvalue weighted by Gasteiger charge is 2.09. The van der Waals surface area contributed by atoms with Crippen LogP contribution in [0, 0.1) is 0 Å². The summed E-state index contributed by atoms with van der Waals surface area (Å²) in [7, 11) is 0. The number of benzene rings is 1. The van der Waals surface area contributed by atoms with E-state index in [9.17, 15) is 9.59 Å². The molecular formula is C14H20N2O2. The summed E-state index contributed by atoms with van der Waals surface area (Å²) in [6.45, 7) is 3.55. The van der Waals surface area contributed by atoms with Crippen molar-refractivity contribution in [2.75, 3.05) is 5.32 Å². The van der Waals surface area contributed by atoms with E-state index in [1.54, 1.807) is 24.3 Å². The number of carbonyl (C=O) groups excluding carboxylic acids is 2. The van der Waals surface area contributed by atoms with Crippen molar-refractivity contribution in [3.8, 4) is 0 Å². The van der Waals surface area contributed by atoms with Crippen molar-refractivity contribution in [2.45, 2.75) is 39.2 Å². The third-order valence-electron chi connectivity index (χ3n) is 2.68. The first-order valence-electron chi connectivity index (χ1n) is 6.19. The second-order valence-corrected chi connectivity index (χ2v) is 4.43. The van der Waals surface area contributed by atoms with Crippen LogP contribution in [-0.4, -0.2) is 17.7 Å². The number of nitrogens with two attached hydrogens (primary N) is 1. The second-order valence-electron chi connectivity index (χ2n) is 4.43. The molecule has 3 N–H and O–H groups in total. The van der Waals surface area contributed by atoms with Crippen LogP contribution in [0.4, 0.5) is 5.69 Å². The molecule has 1 unspecified atom stereocenters. The molecular weight excluding hydrogens is 228 g/mol. The van der Waals surface area contributed by atoms with Gasteiger partial charge in [0.15, 0.2) is 5.78 Å². The molecule has 1 aromatic carbocycles. The third kappa shape index (κ3) is 4.67. The van der Waals surface area contributed by atoms with Crippen molar-refractivity contribution in [1.29, 1.82) is 0 Å². The Morgan fingerprint density at radius 3 is 2.39 bits per heavy atom. The van der Waals surface area contributed by atoms with Crippen LogP contribution in [0.1, 0.15) is 43.5 Å². The minimum absolute atomic E-state index is 0.0119. The van der Waals surface area contributed by atoms with E-state index >= 15 is 0 Å². The molecule has 1 amide bonds. The van der Waals surface area contributed by atoms with Gasteiger partial charge in [-0.25, -0.2) is 0 Å². The maximum absolute atomic E-state index is 11.7. The molecule has 1 atom stereocenters. The monoisotopic (exact) mass is 248 g/mol. The number of Topliss-reactive ketones (excluding diaryl/α,β-unsaturated/α-hetero) is 1. The highest BCUT2D eigenvalue weighted by molar-refractivity contribution is 5.95. The average molecular weight is 248 g/mol. The highest BCUT2D eigenvalue weighted by Crippen LogP contribution is 2.11. The van der Waals surface area contributed by atoms with Crippen LogP contribution < -0.4 is 11.1 Å². The topological polar surface area (TPSA) is 72.2 Å². The van der Waals surface area contributed by atoms with Gasteiger partial charge < -0.3 is 11.1 Å². The second kappa shape index (κ2) is 6.91. The minimum atomic E-state index is -0.0912. The first kappa shape index (κ1) is 14.4. The van der Waals surface area contributed by atoms with E-state index in [1.165, 1.54) is 6.92 Å². The van der Waals surface area contributed by atoms with Gasteiger partial charge in [-0.1, -0.05) is 13.3 Å². The number of nitrogens with one attached hydrogen (secondary N) is 1. The zero-order chi connectivity index (χ0) is 13.5. The smallest absolute Gasteiger partial charge is 0.225 e. The van der Waals surface area contributed by atoms with Gasteiger partial charge in [0.05, 0.1) is 0 Å². The molecule has 18 heavy (non-hydrogen) atoms. The normalized spacial score (nSPS) is 11.9. The zero-order valence-electron chi connectivity index (χ0n) is 10.9. The van der Waals surface area contributed by atoms with Gasteiger partial charge in [-0.2, -0.15) is 0 Å². The molecule has 0 heterocycles. The summed E-state index contributed by atoms with van der Waals surface area (Å²) < 4.78 is 0. The first-order chi connectivity index (χ1) is 8.52. The van der Waals surface area contributed by atoms with Gasteiger partial charge >= 0.3 is 0 Å². The van der Waals surface area contributed by atoms with Gasteiger partial charge in [0, 0.05) is 23.7 Å². The van der Waals surface area contributed by atoms with Gasteiger partial charge in [-0.05, 0) is 37.6 Å². The Kier molecular flexibility index (Phi) is 5.52. The molecule has 1 rings (SSSR count). The number of hydrogen-bond acceptors (Lipinski definition) is 3. The predicted molar refractivity (Wildman–Crippen MR) is 72.6 cm³/mol. The van der Waals surface area contributed by atoms with Crippen LogP contribution in [-0.2, 0) is 4.79 Å². The van der Waals surface area contributed by atoms with Gasteiger partial charge in [0.1, 0.15) is 0 Å². The fourth-order valence-electron chi connectivity index (χ4n) is 1.71. The van der Waals surface area contributed by atoms with E-state index in [2.05, 4.69) is 5.32 Å². The Balaban J connectivity index is 2.51. The molecule has 0 bridgehead atoms. The highest BCUT2D eigenvalue weighted by atomic mass is 16.1. The molecule has 0 aromatic heterocycles. The van der Waals surface area contributed by atoms with E-state index in [0.717, 1.165) is 12.8 Å². The van der Waals surface area contributed by atoms with E-state index in [-0.39, 0.29) is 17.7 Å². The molecule has 0 aliphatic carbocycles. The Morgan fingerprint density at radius 2 is 1.89 bits per heavy atom. The molecule has 0 aliphatic heterocycles. The molecule has 4 heteroatoms. The Bertz CT molecular complexity index is 412. The molecule has 0 spiro atoms. The fraction of sp³-hybridized carbons (Fsp3) is 0.429. The summed E-state index contributed by atoms with van der Waals surface area (Å²) in [6.07, 6.45) is 2.14. The van der Waals surface area contributed by atoms with Crippen molar-refractivity contribution < 1.29 is 9.59 Å². The number of carbonyl (C=O) groups is 2. The van der Waals surface area contributed by atoms with Crippen molar-refractivity contribution in [1.82, 2.24) is 0 Å². The molecule has 0 fully saturated rings. The van der Waals surface area contributed by atoms with E-state index in [1.807, 2.05) is 6.92 Å². The summed E-state index contributed by atoms with van der Waals surface area (Å²) in [4.78, 5) is 22.8. The summed E-state index contributed by atoms with van der Waals surface area (Å²) in [5.41, 5.74) is 7.12. The third-order valence-corrected chi connectivity index (χ3v) is 2.68. The number of rotatable bonds is 6. The molecule has 0 radical (unpaired) electrons. The summed E-state index contributed by atoms with van der Waals surface area (Å²) in [6, 6.07) is 6.75. The number of amides is 1. The van der Waals surface area contributed by atoms with E-state index in [4.69, 9.17) is 5.73 Å². The van der Waals surface area contributed by atoms with E-state index in [0.29, 0.717) is 17.7 Å². The molecule has 0 aliphatic rings. The lowest BCUT2D eigenvalue weighted by atomic mass is 10.1.